The number of hydrogen-bond acceptors (Lipinski definition) is 9. The number of aliphatic hydroxyl groups is 4. The molecule has 1 aliphatic heterocycles. The molecule has 0 aromatic carbocycles. The van der Waals surface area contributed by atoms with Crippen LogP contribution in [0.5, 0.6) is 0 Å². The highest BCUT2D eigenvalue weighted by Gasteiger charge is 2.43. The van der Waals surface area contributed by atoms with Crippen LogP contribution in [0, 0.1) is 0 Å². The van der Waals surface area contributed by atoms with Crippen molar-refractivity contribution in [1.82, 2.24) is 14.6 Å². The molecule has 2 aromatic rings. The van der Waals surface area contributed by atoms with Crippen LogP contribution in [0.3, 0.4) is 0 Å². The van der Waals surface area contributed by atoms with Gasteiger partial charge in [0.05, 0.1) is 12.8 Å². The molecule has 10 heteroatoms. The number of anilines is 1. The van der Waals surface area contributed by atoms with Crippen LogP contribution in [-0.2, 0) is 4.74 Å². The zero-order valence-corrected chi connectivity index (χ0v) is 11.9. The third-order valence-corrected chi connectivity index (χ3v) is 3.67. The monoisotopic (exact) mass is 324 g/mol. The largest absolute Gasteiger partial charge is 0.394 e. The number of nitrogens with one attached hydrogen (secondary N) is 1. The summed E-state index contributed by atoms with van der Waals surface area (Å²) in [4.78, 5) is 16.4. The second kappa shape index (κ2) is 6.18. The lowest BCUT2D eigenvalue weighted by Gasteiger charge is -2.40. The molecule has 1 aliphatic rings. The Balaban J connectivity index is 1.89. The van der Waals surface area contributed by atoms with Crippen LogP contribution in [0.2, 0.25) is 0 Å². The van der Waals surface area contributed by atoms with Crippen LogP contribution >= 0.6 is 0 Å². The second-order valence-corrected chi connectivity index (χ2v) is 5.16. The fourth-order valence-electron chi connectivity index (χ4n) is 2.39. The summed E-state index contributed by atoms with van der Waals surface area (Å²) in [7, 11) is 0. The van der Waals surface area contributed by atoms with Gasteiger partial charge in [-0.05, 0) is 12.1 Å². The van der Waals surface area contributed by atoms with Gasteiger partial charge >= 0.3 is 0 Å². The Bertz CT molecular complexity index is 751. The van der Waals surface area contributed by atoms with E-state index in [0.717, 1.165) is 4.52 Å². The van der Waals surface area contributed by atoms with E-state index in [9.17, 15) is 20.1 Å². The van der Waals surface area contributed by atoms with E-state index >= 15 is 0 Å². The van der Waals surface area contributed by atoms with Crippen molar-refractivity contribution in [2.45, 2.75) is 30.6 Å². The Morgan fingerprint density at radius 1 is 1.26 bits per heavy atom. The molecular weight excluding hydrogens is 308 g/mol. The first-order chi connectivity index (χ1) is 11.0. The second-order valence-electron chi connectivity index (χ2n) is 5.16. The molecule has 0 saturated carbocycles. The highest BCUT2D eigenvalue weighted by molar-refractivity contribution is 5.46. The standard InChI is InChI=1S/C13H16N4O6/c18-5-7-9(19)10(20)11(21)12(23-7)16-6-4-14-8-2-1-3-15-17(8)13(6)22/h1-4,7,9-12,16,18-21H,5H2/t7-,9-,10+,11+,12?/m1/s1. The lowest BCUT2D eigenvalue weighted by atomic mass is 9.98. The van der Waals surface area contributed by atoms with Gasteiger partial charge in [0.2, 0.25) is 0 Å². The molecule has 0 aliphatic carbocycles. The molecule has 0 bridgehead atoms. The van der Waals surface area contributed by atoms with Crippen molar-refractivity contribution >= 4 is 11.3 Å². The van der Waals surface area contributed by atoms with Gasteiger partial charge in [-0.2, -0.15) is 9.61 Å². The zero-order valence-electron chi connectivity index (χ0n) is 11.9. The molecule has 0 amide bonds. The first kappa shape index (κ1) is 15.8. The van der Waals surface area contributed by atoms with Crippen molar-refractivity contribution < 1.29 is 25.2 Å². The van der Waals surface area contributed by atoms with Gasteiger partial charge < -0.3 is 30.5 Å². The van der Waals surface area contributed by atoms with Crippen molar-refractivity contribution in [3.8, 4) is 0 Å². The summed E-state index contributed by atoms with van der Waals surface area (Å²) in [5.41, 5.74) is -0.185. The minimum atomic E-state index is -1.53. The minimum Gasteiger partial charge on any atom is -0.394 e. The van der Waals surface area contributed by atoms with E-state index in [1.54, 1.807) is 12.1 Å². The number of aliphatic hydroxyl groups excluding tert-OH is 4. The predicted octanol–water partition coefficient (Wildman–Crippen LogP) is -2.70. The molecule has 1 fully saturated rings. The summed E-state index contributed by atoms with van der Waals surface area (Å²) in [5, 5.41) is 45.1. The van der Waals surface area contributed by atoms with Gasteiger partial charge in [-0.25, -0.2) is 4.98 Å². The fraction of sp³-hybridized carbons (Fsp3) is 0.462. The van der Waals surface area contributed by atoms with Crippen LogP contribution in [-0.4, -0.2) is 72.3 Å². The molecule has 1 saturated heterocycles. The lowest BCUT2D eigenvalue weighted by molar-refractivity contribution is -0.221. The van der Waals surface area contributed by atoms with Gasteiger partial charge in [-0.3, -0.25) is 4.79 Å². The van der Waals surface area contributed by atoms with Crippen LogP contribution < -0.4 is 10.9 Å². The van der Waals surface area contributed by atoms with Gasteiger partial charge in [0.15, 0.2) is 11.9 Å². The zero-order chi connectivity index (χ0) is 16.6. The number of fused-ring (bicyclic) bond motifs is 1. The third kappa shape index (κ3) is 2.78. The molecule has 5 atom stereocenters. The van der Waals surface area contributed by atoms with Crippen LogP contribution in [0.15, 0.2) is 29.3 Å². The van der Waals surface area contributed by atoms with E-state index in [1.807, 2.05) is 0 Å². The Morgan fingerprint density at radius 3 is 2.78 bits per heavy atom. The highest BCUT2D eigenvalue weighted by Crippen LogP contribution is 2.21. The molecule has 0 radical (unpaired) electrons. The molecule has 23 heavy (non-hydrogen) atoms. The summed E-state index contributed by atoms with van der Waals surface area (Å²) in [6.45, 7) is -0.556. The van der Waals surface area contributed by atoms with Gasteiger partial charge in [-0.15, -0.1) is 0 Å². The maximum Gasteiger partial charge on any atom is 0.297 e. The lowest BCUT2D eigenvalue weighted by Crippen LogP contribution is -2.60. The molecule has 5 N–H and O–H groups in total. The maximum atomic E-state index is 12.3. The number of aromatic nitrogens is 3. The van der Waals surface area contributed by atoms with Crippen LogP contribution in [0.4, 0.5) is 5.69 Å². The first-order valence-electron chi connectivity index (χ1n) is 6.93. The summed E-state index contributed by atoms with van der Waals surface area (Å²) < 4.78 is 6.35. The predicted molar refractivity (Wildman–Crippen MR) is 76.6 cm³/mol. The Labute approximate surface area is 129 Å². The van der Waals surface area contributed by atoms with Gasteiger partial charge in [-0.1, -0.05) is 0 Å². The van der Waals surface area contributed by atoms with Crippen molar-refractivity contribution in [3.05, 3.63) is 34.9 Å². The summed E-state index contributed by atoms with van der Waals surface area (Å²) in [5.74, 6) is 0. The van der Waals surface area contributed by atoms with E-state index in [4.69, 9.17) is 9.84 Å². The molecule has 3 heterocycles. The van der Waals surface area contributed by atoms with E-state index in [-0.39, 0.29) is 5.69 Å². The topological polar surface area (TPSA) is 149 Å². The van der Waals surface area contributed by atoms with Crippen LogP contribution in [0.1, 0.15) is 0 Å². The molecule has 0 spiro atoms. The average molecular weight is 324 g/mol. The smallest absolute Gasteiger partial charge is 0.297 e. The van der Waals surface area contributed by atoms with Crippen molar-refractivity contribution in [2.24, 2.45) is 0 Å². The summed E-state index contributed by atoms with van der Waals surface area (Å²) >= 11 is 0. The number of rotatable bonds is 3. The highest BCUT2D eigenvalue weighted by atomic mass is 16.6. The van der Waals surface area contributed by atoms with Gasteiger partial charge in [0.1, 0.15) is 30.1 Å². The molecule has 124 valence electrons. The number of hydrogen-bond donors (Lipinski definition) is 5. The Morgan fingerprint density at radius 2 is 2.04 bits per heavy atom. The molecule has 2 aromatic heterocycles. The number of ether oxygens (including phenoxy) is 1. The third-order valence-electron chi connectivity index (χ3n) is 3.67. The summed E-state index contributed by atoms with van der Waals surface area (Å²) in [6.07, 6.45) is -4.11. The van der Waals surface area contributed by atoms with Crippen molar-refractivity contribution in [2.75, 3.05) is 11.9 Å². The minimum absolute atomic E-state index is 0.00877. The van der Waals surface area contributed by atoms with Crippen molar-refractivity contribution in [3.63, 3.8) is 0 Å². The number of nitrogens with zero attached hydrogens (tertiary/aromatic N) is 3. The van der Waals surface area contributed by atoms with Crippen LogP contribution in [0.25, 0.3) is 5.65 Å². The quantitative estimate of drug-likeness (QED) is 0.406. The fourth-order valence-corrected chi connectivity index (χ4v) is 2.39. The van der Waals surface area contributed by atoms with E-state index in [1.165, 1.54) is 12.4 Å². The van der Waals surface area contributed by atoms with Crippen molar-refractivity contribution in [1.29, 1.82) is 0 Å². The first-order valence-corrected chi connectivity index (χ1v) is 6.93. The van der Waals surface area contributed by atoms with E-state index < -0.39 is 42.8 Å². The average Bonchev–Trinajstić information content (AvgIpc) is 2.57. The molecule has 10 nitrogen and oxygen atoms in total. The Kier molecular flexibility index (Phi) is 4.24. The molecule has 1 unspecified atom stereocenters. The summed E-state index contributed by atoms with van der Waals surface area (Å²) in [6, 6.07) is 3.23. The Hall–Kier alpha value is -2.11. The molecular formula is C13H16N4O6. The normalized spacial score (nSPS) is 31.2. The maximum absolute atomic E-state index is 12.3. The van der Waals surface area contributed by atoms with E-state index in [0.29, 0.717) is 5.65 Å². The SMILES string of the molecule is O=c1c(NC2O[C@H](CO)[C@@H](O)[C@H](O)[C@@H]2O)cnc2cccnn12. The van der Waals surface area contributed by atoms with E-state index in [2.05, 4.69) is 15.4 Å². The molecule has 3 rings (SSSR count). The van der Waals surface area contributed by atoms with Gasteiger partial charge in [0.25, 0.3) is 5.56 Å². The van der Waals surface area contributed by atoms with Gasteiger partial charge in [0, 0.05) is 6.20 Å².